The lowest BCUT2D eigenvalue weighted by atomic mass is 9.78. The minimum absolute atomic E-state index is 0.00645. The Morgan fingerprint density at radius 3 is 2.38 bits per heavy atom. The van der Waals surface area contributed by atoms with Crippen molar-refractivity contribution in [2.24, 2.45) is 17.1 Å². The second-order valence-electron chi connectivity index (χ2n) is 8.54. The molecule has 7 heteroatoms. The van der Waals surface area contributed by atoms with Crippen LogP contribution >= 0.6 is 0 Å². The van der Waals surface area contributed by atoms with Crippen LogP contribution in [0.15, 0.2) is 0 Å². The fourth-order valence-electron chi connectivity index (χ4n) is 3.63. The third-order valence-corrected chi connectivity index (χ3v) is 4.76. The van der Waals surface area contributed by atoms with Crippen molar-refractivity contribution in [3.8, 4) is 0 Å². The van der Waals surface area contributed by atoms with Crippen LogP contribution in [0.1, 0.15) is 47.5 Å². The predicted octanol–water partition coefficient (Wildman–Crippen LogP) is 1.36. The van der Waals surface area contributed by atoms with E-state index in [0.717, 1.165) is 0 Å². The topological polar surface area (TPSA) is 92.9 Å². The van der Waals surface area contributed by atoms with Crippen LogP contribution in [0.2, 0.25) is 0 Å². The number of rotatable bonds is 2. The van der Waals surface area contributed by atoms with Gasteiger partial charge in [0.05, 0.1) is 5.92 Å². The Morgan fingerprint density at radius 1 is 1.29 bits per heavy atom. The molecule has 2 fully saturated rings. The van der Waals surface area contributed by atoms with E-state index in [1.54, 1.807) is 9.80 Å². The number of amides is 3. The Morgan fingerprint density at radius 2 is 1.92 bits per heavy atom. The molecule has 2 atom stereocenters. The third-order valence-electron chi connectivity index (χ3n) is 4.76. The SMILES string of the molecule is CC(C)(C)OC(=O)N1CCC(N2CC(C(N)=O)CC2=O)C(C)(C)C1. The summed E-state index contributed by atoms with van der Waals surface area (Å²) >= 11 is 0. The molecule has 0 aliphatic carbocycles. The maximum atomic E-state index is 12.3. The van der Waals surface area contributed by atoms with E-state index in [9.17, 15) is 14.4 Å². The van der Waals surface area contributed by atoms with Crippen molar-refractivity contribution in [2.75, 3.05) is 19.6 Å². The normalized spacial score (nSPS) is 27.3. The van der Waals surface area contributed by atoms with Crippen LogP contribution in [0.4, 0.5) is 4.79 Å². The van der Waals surface area contributed by atoms with Gasteiger partial charge in [-0.05, 0) is 27.2 Å². The molecule has 0 radical (unpaired) electrons. The second kappa shape index (κ2) is 6.26. The summed E-state index contributed by atoms with van der Waals surface area (Å²) in [6, 6.07) is -0.00645. The van der Waals surface area contributed by atoms with Gasteiger partial charge in [0.2, 0.25) is 11.8 Å². The Labute approximate surface area is 143 Å². The van der Waals surface area contributed by atoms with E-state index in [2.05, 4.69) is 0 Å². The molecule has 136 valence electrons. The lowest BCUT2D eigenvalue weighted by Gasteiger charge is -2.47. The first-order chi connectivity index (χ1) is 10.9. The summed E-state index contributed by atoms with van der Waals surface area (Å²) in [7, 11) is 0. The predicted molar refractivity (Wildman–Crippen MR) is 89.0 cm³/mol. The van der Waals surface area contributed by atoms with Gasteiger partial charge in [0.25, 0.3) is 0 Å². The first kappa shape index (κ1) is 18.5. The van der Waals surface area contributed by atoms with Crippen molar-refractivity contribution in [3.05, 3.63) is 0 Å². The lowest BCUT2D eigenvalue weighted by molar-refractivity contribution is -0.133. The molecule has 0 saturated carbocycles. The zero-order valence-electron chi connectivity index (χ0n) is 15.3. The number of carbonyl (C=O) groups excluding carboxylic acids is 3. The minimum Gasteiger partial charge on any atom is -0.444 e. The molecule has 2 rings (SSSR count). The van der Waals surface area contributed by atoms with Crippen molar-refractivity contribution in [1.29, 1.82) is 0 Å². The first-order valence-corrected chi connectivity index (χ1v) is 8.47. The molecule has 0 aromatic heterocycles. The van der Waals surface area contributed by atoms with E-state index in [-0.39, 0.29) is 29.9 Å². The Kier molecular flexibility index (Phi) is 4.84. The van der Waals surface area contributed by atoms with Gasteiger partial charge >= 0.3 is 6.09 Å². The largest absolute Gasteiger partial charge is 0.444 e. The van der Waals surface area contributed by atoms with Crippen LogP contribution in [-0.2, 0) is 14.3 Å². The second-order valence-corrected chi connectivity index (χ2v) is 8.54. The molecule has 0 spiro atoms. The van der Waals surface area contributed by atoms with Crippen molar-refractivity contribution in [3.63, 3.8) is 0 Å². The van der Waals surface area contributed by atoms with Gasteiger partial charge in [0, 0.05) is 37.5 Å². The number of piperidine rings is 1. The van der Waals surface area contributed by atoms with E-state index in [1.807, 2.05) is 34.6 Å². The Hall–Kier alpha value is -1.79. The summed E-state index contributed by atoms with van der Waals surface area (Å²) in [6.45, 7) is 11.0. The molecule has 3 amide bonds. The molecule has 2 heterocycles. The molecule has 2 aliphatic rings. The highest BCUT2D eigenvalue weighted by Crippen LogP contribution is 2.36. The van der Waals surface area contributed by atoms with Crippen LogP contribution in [0, 0.1) is 11.3 Å². The molecule has 2 saturated heterocycles. The highest BCUT2D eigenvalue weighted by molar-refractivity contribution is 5.88. The molecular weight excluding hydrogens is 310 g/mol. The van der Waals surface area contributed by atoms with Crippen LogP contribution in [-0.4, -0.2) is 59.0 Å². The van der Waals surface area contributed by atoms with E-state index >= 15 is 0 Å². The number of ether oxygens (including phenoxy) is 1. The van der Waals surface area contributed by atoms with Crippen LogP contribution in [0.25, 0.3) is 0 Å². The maximum absolute atomic E-state index is 12.3. The average Bonchev–Trinajstić information content (AvgIpc) is 2.77. The van der Waals surface area contributed by atoms with Gasteiger partial charge in [-0.3, -0.25) is 9.59 Å². The van der Waals surface area contributed by atoms with E-state index in [1.165, 1.54) is 0 Å². The Balaban J connectivity index is 2.05. The van der Waals surface area contributed by atoms with Gasteiger partial charge in [0.1, 0.15) is 5.60 Å². The van der Waals surface area contributed by atoms with Crippen molar-refractivity contribution >= 4 is 17.9 Å². The monoisotopic (exact) mass is 339 g/mol. The summed E-state index contributed by atoms with van der Waals surface area (Å²) in [6.07, 6.45) is 0.540. The number of nitrogens with zero attached hydrogens (tertiary/aromatic N) is 2. The summed E-state index contributed by atoms with van der Waals surface area (Å²) < 4.78 is 5.45. The fourth-order valence-corrected chi connectivity index (χ4v) is 3.63. The molecule has 0 aromatic rings. The number of likely N-dealkylation sites (tertiary alicyclic amines) is 2. The minimum atomic E-state index is -0.530. The van der Waals surface area contributed by atoms with Crippen LogP contribution in [0.5, 0.6) is 0 Å². The molecule has 2 N–H and O–H groups in total. The van der Waals surface area contributed by atoms with Gasteiger partial charge in [-0.15, -0.1) is 0 Å². The van der Waals surface area contributed by atoms with Crippen molar-refractivity contribution in [2.45, 2.75) is 59.1 Å². The Bertz CT molecular complexity index is 538. The zero-order valence-corrected chi connectivity index (χ0v) is 15.3. The molecule has 24 heavy (non-hydrogen) atoms. The number of hydrogen-bond donors (Lipinski definition) is 1. The molecule has 2 unspecified atom stereocenters. The number of carbonyl (C=O) groups is 3. The van der Waals surface area contributed by atoms with E-state index < -0.39 is 17.4 Å². The zero-order chi connectivity index (χ0) is 18.3. The molecule has 2 aliphatic heterocycles. The number of primary amides is 1. The first-order valence-electron chi connectivity index (χ1n) is 8.47. The molecule has 0 aromatic carbocycles. The lowest BCUT2D eigenvalue weighted by Crippen LogP contribution is -2.57. The fraction of sp³-hybridized carbons (Fsp3) is 0.824. The molecular formula is C17H29N3O4. The van der Waals surface area contributed by atoms with Crippen LogP contribution in [0.3, 0.4) is 0 Å². The van der Waals surface area contributed by atoms with Crippen molar-refractivity contribution < 1.29 is 19.1 Å². The highest BCUT2D eigenvalue weighted by atomic mass is 16.6. The maximum Gasteiger partial charge on any atom is 0.410 e. The summed E-state index contributed by atoms with van der Waals surface area (Å²) in [5, 5.41) is 0. The van der Waals surface area contributed by atoms with E-state index in [4.69, 9.17) is 10.5 Å². The highest BCUT2D eigenvalue weighted by Gasteiger charge is 2.46. The molecule has 0 bridgehead atoms. The standard InChI is InChI=1S/C17H29N3O4/c1-16(2,3)24-15(23)19-7-6-12(17(4,5)10-19)20-9-11(14(18)22)8-13(20)21/h11-12H,6-10H2,1-5H3,(H2,18,22). The summed E-state index contributed by atoms with van der Waals surface area (Å²) in [5.74, 6) is -0.852. The summed E-state index contributed by atoms with van der Waals surface area (Å²) in [4.78, 5) is 39.5. The van der Waals surface area contributed by atoms with Gasteiger partial charge < -0.3 is 20.3 Å². The quantitative estimate of drug-likeness (QED) is 0.822. The van der Waals surface area contributed by atoms with Crippen molar-refractivity contribution in [1.82, 2.24) is 9.80 Å². The van der Waals surface area contributed by atoms with Gasteiger partial charge in [-0.1, -0.05) is 13.8 Å². The number of hydrogen-bond acceptors (Lipinski definition) is 4. The van der Waals surface area contributed by atoms with Gasteiger partial charge in [0.15, 0.2) is 0 Å². The summed E-state index contributed by atoms with van der Waals surface area (Å²) in [5.41, 5.74) is 4.54. The van der Waals surface area contributed by atoms with E-state index in [0.29, 0.717) is 26.1 Å². The third kappa shape index (κ3) is 3.99. The number of nitrogens with two attached hydrogens (primary N) is 1. The van der Waals surface area contributed by atoms with Gasteiger partial charge in [-0.25, -0.2) is 4.79 Å². The van der Waals surface area contributed by atoms with Crippen LogP contribution < -0.4 is 5.73 Å². The molecule has 7 nitrogen and oxygen atoms in total. The van der Waals surface area contributed by atoms with Gasteiger partial charge in [-0.2, -0.15) is 0 Å². The smallest absolute Gasteiger partial charge is 0.410 e. The average molecular weight is 339 g/mol.